The third-order valence-electron chi connectivity index (χ3n) is 5.41. The molecule has 1 aromatic carbocycles. The molecule has 2 unspecified atom stereocenters. The molecule has 10 heteroatoms. The van der Waals surface area contributed by atoms with E-state index in [2.05, 4.69) is 25.0 Å². The Bertz CT molecular complexity index is 825. The van der Waals surface area contributed by atoms with Gasteiger partial charge in [0, 0.05) is 26.7 Å². The van der Waals surface area contributed by atoms with Crippen LogP contribution in [-0.2, 0) is 14.3 Å². The highest BCUT2D eigenvalue weighted by Crippen LogP contribution is 2.36. The molecule has 156 valence electrons. The van der Waals surface area contributed by atoms with E-state index in [0.29, 0.717) is 24.2 Å². The maximum Gasteiger partial charge on any atom is 0.488 e. The highest BCUT2D eigenvalue weighted by atomic mass is 28.3. The van der Waals surface area contributed by atoms with Crippen LogP contribution < -0.4 is 10.8 Å². The van der Waals surface area contributed by atoms with Crippen LogP contribution in [0.2, 0.25) is 25.7 Å². The Hall–Kier alpha value is -2.01. The van der Waals surface area contributed by atoms with Gasteiger partial charge in [-0.05, 0) is 29.6 Å². The molecule has 29 heavy (non-hydrogen) atoms. The number of nitrogens with zero attached hydrogens (tertiary/aromatic N) is 1. The number of hydrogen-bond donors (Lipinski definition) is 3. The van der Waals surface area contributed by atoms with E-state index >= 15 is 0 Å². The van der Waals surface area contributed by atoms with Crippen molar-refractivity contribution in [3.63, 3.8) is 0 Å². The molecular weight excluding hydrogens is 391 g/mol. The normalized spacial score (nSPS) is 22.0. The molecule has 1 aromatic rings. The number of hydrogen-bond acceptors (Lipinski definition) is 6. The Labute approximate surface area is 171 Å². The fourth-order valence-electron chi connectivity index (χ4n) is 3.66. The van der Waals surface area contributed by atoms with E-state index in [0.717, 1.165) is 10.9 Å². The zero-order valence-electron chi connectivity index (χ0n) is 17.0. The number of rotatable bonds is 7. The van der Waals surface area contributed by atoms with Gasteiger partial charge in [-0.2, -0.15) is 0 Å². The fourth-order valence-corrected chi connectivity index (χ4v) is 4.42. The van der Waals surface area contributed by atoms with Crippen molar-refractivity contribution in [1.29, 1.82) is 0 Å². The van der Waals surface area contributed by atoms with Gasteiger partial charge in [-0.1, -0.05) is 31.8 Å². The molecule has 1 saturated heterocycles. The summed E-state index contributed by atoms with van der Waals surface area (Å²) >= 11 is 0. The van der Waals surface area contributed by atoms with Crippen LogP contribution in [0.3, 0.4) is 0 Å². The third kappa shape index (κ3) is 4.77. The summed E-state index contributed by atoms with van der Waals surface area (Å²) in [5.74, 6) is -1.57. The monoisotopic (exact) mass is 418 g/mol. The van der Waals surface area contributed by atoms with Crippen molar-refractivity contribution in [3.8, 4) is 0 Å². The second-order valence-electron chi connectivity index (χ2n) is 8.82. The molecule has 3 rings (SSSR count). The van der Waals surface area contributed by atoms with Gasteiger partial charge in [-0.15, -0.1) is 0 Å². The molecule has 2 aliphatic rings. The average molecular weight is 418 g/mol. The molecule has 0 radical (unpaired) electrons. The molecule has 0 saturated carbocycles. The molecule has 8 nitrogen and oxygen atoms in total. The lowest BCUT2D eigenvalue weighted by Crippen LogP contribution is -2.49. The van der Waals surface area contributed by atoms with Crippen molar-refractivity contribution >= 4 is 38.4 Å². The van der Waals surface area contributed by atoms with Gasteiger partial charge in [0.25, 0.3) is 5.91 Å². The predicted molar refractivity (Wildman–Crippen MR) is 110 cm³/mol. The third-order valence-corrected chi connectivity index (χ3v) is 7.12. The number of nitrogens with one attached hydrogen (secondary N) is 1. The van der Waals surface area contributed by atoms with Crippen molar-refractivity contribution in [3.05, 3.63) is 29.3 Å². The first-order valence-corrected chi connectivity index (χ1v) is 13.5. The Balaban J connectivity index is 1.75. The van der Waals surface area contributed by atoms with Gasteiger partial charge in [0.2, 0.25) is 11.8 Å². The summed E-state index contributed by atoms with van der Waals surface area (Å²) in [5.41, 5.74) is 1.20. The average Bonchev–Trinajstić information content (AvgIpc) is 2.96. The quantitative estimate of drug-likeness (QED) is 0.332. The number of fused-ring (bicyclic) bond motifs is 1. The summed E-state index contributed by atoms with van der Waals surface area (Å²) in [5, 5.41) is 21.7. The molecule has 3 N–H and O–H groups in total. The van der Waals surface area contributed by atoms with Crippen LogP contribution in [-0.4, -0.2) is 61.2 Å². The summed E-state index contributed by atoms with van der Waals surface area (Å²) in [6.07, 6.45) is 0.511. The van der Waals surface area contributed by atoms with Crippen LogP contribution in [0.1, 0.15) is 34.8 Å². The van der Waals surface area contributed by atoms with E-state index in [1.165, 1.54) is 18.2 Å². The van der Waals surface area contributed by atoms with Crippen molar-refractivity contribution in [2.45, 2.75) is 44.6 Å². The fraction of sp³-hybridized carbons (Fsp3) is 0.526. The number of likely N-dealkylation sites (tertiary alicyclic amines) is 1. The molecule has 0 aliphatic carbocycles. The topological polar surface area (TPSA) is 116 Å². The zero-order valence-corrected chi connectivity index (χ0v) is 18.0. The lowest BCUT2D eigenvalue weighted by atomic mass is 9.77. The van der Waals surface area contributed by atoms with E-state index in [1.807, 2.05) is 0 Å². The Morgan fingerprint density at radius 3 is 2.62 bits per heavy atom. The molecule has 3 amide bonds. The first-order chi connectivity index (χ1) is 13.6. The second-order valence-corrected chi connectivity index (χ2v) is 14.4. The van der Waals surface area contributed by atoms with Crippen LogP contribution >= 0.6 is 0 Å². The van der Waals surface area contributed by atoms with Crippen LogP contribution in [0.5, 0.6) is 0 Å². The van der Waals surface area contributed by atoms with Crippen LogP contribution in [0.15, 0.2) is 18.2 Å². The summed E-state index contributed by atoms with van der Waals surface area (Å²) < 4.78 is 5.61. The van der Waals surface area contributed by atoms with E-state index in [-0.39, 0.29) is 36.3 Å². The second kappa shape index (κ2) is 8.39. The van der Waals surface area contributed by atoms with Crippen LogP contribution in [0, 0.1) is 5.92 Å². The maximum atomic E-state index is 13.0. The van der Waals surface area contributed by atoms with Gasteiger partial charge in [-0.3, -0.25) is 19.3 Å². The van der Waals surface area contributed by atoms with Crippen LogP contribution in [0.4, 0.5) is 0 Å². The van der Waals surface area contributed by atoms with Gasteiger partial charge in [0.1, 0.15) is 6.73 Å². The van der Waals surface area contributed by atoms with Crippen molar-refractivity contribution in [2.24, 2.45) is 5.92 Å². The minimum Gasteiger partial charge on any atom is -0.423 e. The highest BCUT2D eigenvalue weighted by molar-refractivity contribution is 6.76. The van der Waals surface area contributed by atoms with Crippen LogP contribution in [0.25, 0.3) is 0 Å². The maximum absolute atomic E-state index is 13.0. The van der Waals surface area contributed by atoms with Gasteiger partial charge >= 0.3 is 7.12 Å². The number of carbonyl (C=O) groups is 3. The Kier molecular flexibility index (Phi) is 6.28. The zero-order chi connectivity index (χ0) is 21.3. The standard InChI is InChI=1S/C19H27BN2O6Si/c1-29(2,3)9-8-28-11-22-16(23)7-6-14(19(22)25)17-15-10-12(20(26)27)4-5-13(15)18(24)21-17/h4-5,10,14,17,26-27H,6-9,11H2,1-3H3,(H,21,24). The van der Waals surface area contributed by atoms with Gasteiger partial charge < -0.3 is 20.1 Å². The summed E-state index contributed by atoms with van der Waals surface area (Å²) in [7, 11) is -2.95. The number of benzene rings is 1. The number of ether oxygens (including phenoxy) is 1. The summed E-state index contributed by atoms with van der Waals surface area (Å²) in [6, 6.07) is 4.85. The smallest absolute Gasteiger partial charge is 0.423 e. The molecule has 2 heterocycles. The first kappa shape index (κ1) is 21.7. The Morgan fingerprint density at radius 2 is 1.97 bits per heavy atom. The largest absolute Gasteiger partial charge is 0.488 e. The number of amides is 3. The number of carbonyl (C=O) groups excluding carboxylic acids is 3. The number of piperidine rings is 1. The van der Waals surface area contributed by atoms with Crippen molar-refractivity contribution in [2.75, 3.05) is 13.3 Å². The number of imide groups is 1. The minimum atomic E-state index is -1.67. The molecular formula is C19H27BN2O6Si. The summed E-state index contributed by atoms with van der Waals surface area (Å²) in [6.45, 7) is 7.09. The highest BCUT2D eigenvalue weighted by Gasteiger charge is 2.44. The van der Waals surface area contributed by atoms with E-state index in [1.54, 1.807) is 0 Å². The van der Waals surface area contributed by atoms with Gasteiger partial charge in [0.05, 0.1) is 12.0 Å². The molecule has 0 spiro atoms. The lowest BCUT2D eigenvalue weighted by Gasteiger charge is -2.33. The van der Waals surface area contributed by atoms with E-state index < -0.39 is 27.2 Å². The molecule has 0 bridgehead atoms. The lowest BCUT2D eigenvalue weighted by molar-refractivity contribution is -0.158. The molecule has 2 aliphatic heterocycles. The molecule has 1 fully saturated rings. The first-order valence-electron chi connectivity index (χ1n) is 9.81. The van der Waals surface area contributed by atoms with E-state index in [9.17, 15) is 24.4 Å². The van der Waals surface area contributed by atoms with Gasteiger partial charge in [0.15, 0.2) is 0 Å². The summed E-state index contributed by atoms with van der Waals surface area (Å²) in [4.78, 5) is 38.8. The van der Waals surface area contributed by atoms with Gasteiger partial charge in [-0.25, -0.2) is 0 Å². The van der Waals surface area contributed by atoms with Crippen molar-refractivity contribution < 1.29 is 29.2 Å². The molecule has 2 atom stereocenters. The minimum absolute atomic E-state index is 0.0818. The van der Waals surface area contributed by atoms with E-state index in [4.69, 9.17) is 4.74 Å². The SMILES string of the molecule is C[Si](C)(C)CCOCN1C(=O)CCC(C2NC(=O)c3ccc(B(O)O)cc32)C1=O. The molecule has 0 aromatic heterocycles. The predicted octanol–water partition coefficient (Wildman–Crippen LogP) is 0.228. The Morgan fingerprint density at radius 1 is 1.24 bits per heavy atom. The van der Waals surface area contributed by atoms with Crippen molar-refractivity contribution in [1.82, 2.24) is 10.2 Å².